The predicted octanol–water partition coefficient (Wildman–Crippen LogP) is 2.92. The molecule has 0 saturated carbocycles. The number of H-pyrrole nitrogens is 2. The van der Waals surface area contributed by atoms with Crippen molar-refractivity contribution < 1.29 is 19.4 Å². The van der Waals surface area contributed by atoms with Crippen LogP contribution in [-0.2, 0) is 28.8 Å². The number of aromatic carboxylic acids is 1. The number of rotatable bonds is 7. The average molecular weight is 332 g/mol. The van der Waals surface area contributed by atoms with Crippen LogP contribution in [0.25, 0.3) is 0 Å². The smallest absolute Gasteiger partial charge is 0.352 e. The van der Waals surface area contributed by atoms with Crippen molar-refractivity contribution in [3.63, 3.8) is 0 Å². The minimum atomic E-state index is -0.943. The van der Waals surface area contributed by atoms with Crippen LogP contribution in [0.2, 0.25) is 0 Å². The molecule has 0 unspecified atom stereocenters. The van der Waals surface area contributed by atoms with Crippen molar-refractivity contribution in [1.29, 1.82) is 0 Å². The monoisotopic (exact) mass is 332 g/mol. The van der Waals surface area contributed by atoms with Crippen LogP contribution in [-0.4, -0.2) is 34.1 Å². The van der Waals surface area contributed by atoms with E-state index in [0.29, 0.717) is 19.3 Å². The third-order valence-corrected chi connectivity index (χ3v) is 4.50. The molecule has 0 spiro atoms. The number of aromatic nitrogens is 2. The molecular formula is C18H24N2O4. The lowest BCUT2D eigenvalue weighted by molar-refractivity contribution is -0.140. The molecule has 0 atom stereocenters. The highest BCUT2D eigenvalue weighted by molar-refractivity contribution is 5.88. The van der Waals surface area contributed by atoms with Crippen molar-refractivity contribution in [1.82, 2.24) is 9.97 Å². The van der Waals surface area contributed by atoms with E-state index in [0.717, 1.165) is 40.1 Å². The first-order valence-corrected chi connectivity index (χ1v) is 8.05. The molecule has 2 aromatic heterocycles. The molecule has 2 rings (SSSR count). The van der Waals surface area contributed by atoms with Gasteiger partial charge in [0.15, 0.2) is 0 Å². The SMILES string of the molecule is CCc1c(Cc2[nH]cc(C)c2CCC(=O)OC)[nH]c(C(=O)O)c1C. The minimum Gasteiger partial charge on any atom is -0.477 e. The predicted molar refractivity (Wildman–Crippen MR) is 90.5 cm³/mol. The lowest BCUT2D eigenvalue weighted by atomic mass is 10.0. The number of hydrogen-bond acceptors (Lipinski definition) is 3. The molecule has 0 amide bonds. The molecule has 0 aliphatic heterocycles. The number of nitrogens with one attached hydrogen (secondary N) is 2. The van der Waals surface area contributed by atoms with Gasteiger partial charge in [0.2, 0.25) is 0 Å². The zero-order chi connectivity index (χ0) is 17.9. The molecule has 0 saturated heterocycles. The molecule has 2 aromatic rings. The molecule has 0 radical (unpaired) electrons. The van der Waals surface area contributed by atoms with Gasteiger partial charge in [0.25, 0.3) is 0 Å². The van der Waals surface area contributed by atoms with E-state index in [1.165, 1.54) is 7.11 Å². The second-order valence-electron chi connectivity index (χ2n) is 5.92. The third kappa shape index (κ3) is 3.53. The van der Waals surface area contributed by atoms with Gasteiger partial charge in [0.05, 0.1) is 7.11 Å². The van der Waals surface area contributed by atoms with Gasteiger partial charge in [-0.25, -0.2) is 4.79 Å². The average Bonchev–Trinajstić information content (AvgIpc) is 3.05. The van der Waals surface area contributed by atoms with E-state index in [1.807, 2.05) is 27.0 Å². The number of aromatic amines is 2. The van der Waals surface area contributed by atoms with Crippen LogP contribution in [0.5, 0.6) is 0 Å². The number of carboxylic acids is 1. The number of esters is 1. The van der Waals surface area contributed by atoms with E-state index in [4.69, 9.17) is 4.74 Å². The summed E-state index contributed by atoms with van der Waals surface area (Å²) in [6.07, 6.45) is 4.20. The molecule has 24 heavy (non-hydrogen) atoms. The first-order chi connectivity index (χ1) is 11.4. The Bertz CT molecular complexity index is 755. The number of methoxy groups -OCH3 is 1. The van der Waals surface area contributed by atoms with Gasteiger partial charge in [0.1, 0.15) is 5.69 Å². The molecule has 0 aliphatic rings. The molecule has 0 fully saturated rings. The highest BCUT2D eigenvalue weighted by atomic mass is 16.5. The van der Waals surface area contributed by atoms with Crippen molar-refractivity contribution in [3.8, 4) is 0 Å². The standard InChI is InChI=1S/C18H24N2O4/c1-5-12-11(3)17(18(22)23)20-15(12)8-14-13(10(2)9-19-14)6-7-16(21)24-4/h9,19-20H,5-8H2,1-4H3,(H,22,23). The minimum absolute atomic E-state index is 0.236. The Labute approximate surface area is 141 Å². The molecule has 2 heterocycles. The quantitative estimate of drug-likeness (QED) is 0.679. The molecule has 130 valence electrons. The number of carbonyl (C=O) groups is 2. The van der Waals surface area contributed by atoms with E-state index >= 15 is 0 Å². The summed E-state index contributed by atoms with van der Waals surface area (Å²) in [7, 11) is 1.38. The van der Waals surface area contributed by atoms with Crippen LogP contribution < -0.4 is 0 Å². The summed E-state index contributed by atoms with van der Waals surface area (Å²) in [4.78, 5) is 29.1. The first kappa shape index (κ1) is 17.8. The van der Waals surface area contributed by atoms with Gasteiger partial charge in [-0.3, -0.25) is 4.79 Å². The normalized spacial score (nSPS) is 10.8. The highest BCUT2D eigenvalue weighted by Gasteiger charge is 2.19. The Kier molecular flexibility index (Phi) is 5.49. The second kappa shape index (κ2) is 7.38. The van der Waals surface area contributed by atoms with Crippen LogP contribution >= 0.6 is 0 Å². The molecule has 3 N–H and O–H groups in total. The van der Waals surface area contributed by atoms with Gasteiger partial charge >= 0.3 is 11.9 Å². The second-order valence-corrected chi connectivity index (χ2v) is 5.92. The number of hydrogen-bond donors (Lipinski definition) is 3. The van der Waals surface area contributed by atoms with E-state index in [1.54, 1.807) is 0 Å². The Morgan fingerprint density at radius 2 is 1.92 bits per heavy atom. The summed E-state index contributed by atoms with van der Waals surface area (Å²) in [6.45, 7) is 5.85. The van der Waals surface area contributed by atoms with E-state index in [-0.39, 0.29) is 11.7 Å². The van der Waals surface area contributed by atoms with Gasteiger partial charge in [-0.05, 0) is 48.9 Å². The third-order valence-electron chi connectivity index (χ3n) is 4.50. The van der Waals surface area contributed by atoms with Crippen LogP contribution in [0, 0.1) is 13.8 Å². The van der Waals surface area contributed by atoms with E-state index in [2.05, 4.69) is 9.97 Å². The summed E-state index contributed by atoms with van der Waals surface area (Å²) in [5.41, 5.74) is 6.18. The van der Waals surface area contributed by atoms with Gasteiger partial charge in [-0.1, -0.05) is 6.92 Å². The summed E-state index contributed by atoms with van der Waals surface area (Å²) >= 11 is 0. The van der Waals surface area contributed by atoms with Crippen molar-refractivity contribution in [2.75, 3.05) is 7.11 Å². The fourth-order valence-corrected chi connectivity index (χ4v) is 3.16. The maximum absolute atomic E-state index is 11.4. The van der Waals surface area contributed by atoms with Crippen LogP contribution in [0.3, 0.4) is 0 Å². The molecule has 6 heteroatoms. The Balaban J connectivity index is 2.30. The number of ether oxygens (including phenoxy) is 1. The van der Waals surface area contributed by atoms with Crippen LogP contribution in [0.4, 0.5) is 0 Å². The van der Waals surface area contributed by atoms with E-state index < -0.39 is 5.97 Å². The van der Waals surface area contributed by atoms with Crippen LogP contribution in [0.1, 0.15) is 57.5 Å². The number of aryl methyl sites for hydroxylation is 1. The fourth-order valence-electron chi connectivity index (χ4n) is 3.16. The van der Waals surface area contributed by atoms with E-state index in [9.17, 15) is 14.7 Å². The Morgan fingerprint density at radius 3 is 2.50 bits per heavy atom. The summed E-state index contributed by atoms with van der Waals surface area (Å²) in [5.74, 6) is -1.18. The molecule has 6 nitrogen and oxygen atoms in total. The van der Waals surface area contributed by atoms with Crippen molar-refractivity contribution in [3.05, 3.63) is 45.5 Å². The number of carboxylic acid groups (broad SMARTS) is 1. The first-order valence-electron chi connectivity index (χ1n) is 8.05. The van der Waals surface area contributed by atoms with Gasteiger partial charge in [-0.2, -0.15) is 0 Å². The number of carbonyl (C=O) groups excluding carboxylic acids is 1. The Morgan fingerprint density at radius 1 is 1.21 bits per heavy atom. The molecule has 0 bridgehead atoms. The lowest BCUT2D eigenvalue weighted by Gasteiger charge is -2.07. The summed E-state index contributed by atoms with van der Waals surface area (Å²) in [5, 5.41) is 9.31. The fraction of sp³-hybridized carbons (Fsp3) is 0.444. The Hall–Kier alpha value is -2.50. The zero-order valence-corrected chi connectivity index (χ0v) is 14.6. The van der Waals surface area contributed by atoms with Crippen LogP contribution in [0.15, 0.2) is 6.20 Å². The maximum Gasteiger partial charge on any atom is 0.352 e. The van der Waals surface area contributed by atoms with Crippen molar-refractivity contribution in [2.24, 2.45) is 0 Å². The van der Waals surface area contributed by atoms with Crippen molar-refractivity contribution >= 4 is 11.9 Å². The largest absolute Gasteiger partial charge is 0.477 e. The maximum atomic E-state index is 11.4. The molecule has 0 aliphatic carbocycles. The van der Waals surface area contributed by atoms with Gasteiger partial charge in [-0.15, -0.1) is 0 Å². The van der Waals surface area contributed by atoms with Crippen molar-refractivity contribution in [2.45, 2.75) is 46.5 Å². The van der Waals surface area contributed by atoms with Gasteiger partial charge in [0, 0.05) is 30.4 Å². The van der Waals surface area contributed by atoms with Gasteiger partial charge < -0.3 is 19.8 Å². The summed E-state index contributed by atoms with van der Waals surface area (Å²) < 4.78 is 4.71. The topological polar surface area (TPSA) is 95.2 Å². The highest BCUT2D eigenvalue weighted by Crippen LogP contribution is 2.24. The molecular weight excluding hydrogens is 308 g/mol. The zero-order valence-electron chi connectivity index (χ0n) is 14.6. The summed E-state index contributed by atoms with van der Waals surface area (Å²) in [6, 6.07) is 0. The lowest BCUT2D eigenvalue weighted by Crippen LogP contribution is -2.04. The molecule has 0 aromatic carbocycles.